The Morgan fingerprint density at radius 1 is 1.13 bits per heavy atom. The lowest BCUT2D eigenvalue weighted by molar-refractivity contribution is -0.115. The molecule has 2 aromatic carbocycles. The quantitative estimate of drug-likeness (QED) is 0.526. The van der Waals surface area contributed by atoms with Crippen molar-refractivity contribution in [1.29, 1.82) is 0 Å². The molecule has 1 N–H and O–H groups in total. The summed E-state index contributed by atoms with van der Waals surface area (Å²) < 4.78 is 33.8. The summed E-state index contributed by atoms with van der Waals surface area (Å²) in [5.41, 5.74) is 2.20. The molecule has 10 heteroatoms. The van der Waals surface area contributed by atoms with E-state index in [1.54, 1.807) is 10.9 Å². The monoisotopic (exact) mass is 412 g/mol. The van der Waals surface area contributed by atoms with E-state index in [1.165, 1.54) is 24.2 Å². The molecular formula is C20H18F2N6O2. The third-order valence-electron chi connectivity index (χ3n) is 4.58. The molecule has 0 saturated heterocycles. The highest BCUT2D eigenvalue weighted by molar-refractivity contribution is 5.92. The van der Waals surface area contributed by atoms with E-state index in [1.807, 2.05) is 25.2 Å². The number of aryl methyl sites for hydroxylation is 1. The summed E-state index contributed by atoms with van der Waals surface area (Å²) >= 11 is 0. The molecule has 30 heavy (non-hydrogen) atoms. The SMILES string of the molecule is COc1cc(Cn2ncc(NC(=O)Cc3ccc4cnn(C)c4c3)n2)cc(F)c1F. The van der Waals surface area contributed by atoms with Crippen LogP contribution in [0.2, 0.25) is 0 Å². The minimum Gasteiger partial charge on any atom is -0.494 e. The molecule has 0 aliphatic rings. The van der Waals surface area contributed by atoms with Gasteiger partial charge in [-0.2, -0.15) is 19.4 Å². The van der Waals surface area contributed by atoms with Crippen LogP contribution in [0.1, 0.15) is 11.1 Å². The topological polar surface area (TPSA) is 86.9 Å². The standard InChI is InChI=1S/C20H18F2N6O2/c1-27-16-6-12(3-4-14(16)9-23-27)8-19(29)25-18-10-24-28(26-18)11-13-5-15(21)20(22)17(7-13)30-2/h3-7,9-10H,8,11H2,1-2H3,(H,25,26,29). The number of benzene rings is 2. The highest BCUT2D eigenvalue weighted by Crippen LogP contribution is 2.22. The Morgan fingerprint density at radius 2 is 1.97 bits per heavy atom. The van der Waals surface area contributed by atoms with E-state index >= 15 is 0 Å². The zero-order chi connectivity index (χ0) is 21.3. The Bertz CT molecular complexity index is 1230. The molecule has 0 atom stereocenters. The summed E-state index contributed by atoms with van der Waals surface area (Å²) in [4.78, 5) is 13.6. The van der Waals surface area contributed by atoms with Gasteiger partial charge >= 0.3 is 0 Å². The predicted octanol–water partition coefficient (Wildman–Crippen LogP) is 2.68. The van der Waals surface area contributed by atoms with E-state index in [9.17, 15) is 13.6 Å². The fourth-order valence-corrected chi connectivity index (χ4v) is 3.12. The average molecular weight is 412 g/mol. The Morgan fingerprint density at radius 3 is 2.77 bits per heavy atom. The summed E-state index contributed by atoms with van der Waals surface area (Å²) in [5.74, 6) is -2.26. The van der Waals surface area contributed by atoms with Crippen LogP contribution >= 0.6 is 0 Å². The molecule has 4 rings (SSSR count). The maximum absolute atomic E-state index is 13.6. The van der Waals surface area contributed by atoms with Gasteiger partial charge in [0.15, 0.2) is 17.4 Å². The molecular weight excluding hydrogens is 394 g/mol. The minimum atomic E-state index is -1.05. The van der Waals surface area contributed by atoms with Gasteiger partial charge in [0.05, 0.1) is 38.0 Å². The summed E-state index contributed by atoms with van der Waals surface area (Å²) in [6.45, 7) is 0.0839. The van der Waals surface area contributed by atoms with Crippen LogP contribution in [-0.4, -0.2) is 37.8 Å². The first-order valence-corrected chi connectivity index (χ1v) is 9.05. The van der Waals surface area contributed by atoms with Gasteiger partial charge in [-0.15, -0.1) is 5.10 Å². The zero-order valence-corrected chi connectivity index (χ0v) is 16.3. The van der Waals surface area contributed by atoms with Crippen molar-refractivity contribution < 1.29 is 18.3 Å². The number of nitrogens with one attached hydrogen (secondary N) is 1. The molecule has 0 radical (unpaired) electrons. The van der Waals surface area contributed by atoms with Crippen molar-refractivity contribution in [2.45, 2.75) is 13.0 Å². The molecule has 0 bridgehead atoms. The second-order valence-electron chi connectivity index (χ2n) is 6.74. The van der Waals surface area contributed by atoms with Crippen molar-refractivity contribution in [3.05, 3.63) is 65.5 Å². The van der Waals surface area contributed by atoms with Gasteiger partial charge in [0.1, 0.15) is 0 Å². The summed E-state index contributed by atoms with van der Waals surface area (Å²) in [7, 11) is 3.10. The largest absolute Gasteiger partial charge is 0.494 e. The van der Waals surface area contributed by atoms with E-state index in [4.69, 9.17) is 4.74 Å². The number of amides is 1. The molecule has 154 valence electrons. The summed E-state index contributed by atoms with van der Waals surface area (Å²) in [6.07, 6.45) is 3.31. The molecule has 1 amide bonds. The van der Waals surface area contributed by atoms with Crippen molar-refractivity contribution in [1.82, 2.24) is 24.8 Å². The van der Waals surface area contributed by atoms with Crippen LogP contribution in [0.3, 0.4) is 0 Å². The Hall–Kier alpha value is -3.82. The Balaban J connectivity index is 1.42. The van der Waals surface area contributed by atoms with Gasteiger partial charge in [-0.05, 0) is 29.3 Å². The Kier molecular flexibility index (Phi) is 5.13. The van der Waals surface area contributed by atoms with Gasteiger partial charge in [-0.25, -0.2) is 4.39 Å². The van der Waals surface area contributed by atoms with Crippen LogP contribution in [-0.2, 0) is 24.8 Å². The lowest BCUT2D eigenvalue weighted by Crippen LogP contribution is -2.15. The van der Waals surface area contributed by atoms with Crippen LogP contribution in [0, 0.1) is 11.6 Å². The number of fused-ring (bicyclic) bond motifs is 1. The van der Waals surface area contributed by atoms with Gasteiger partial charge in [-0.3, -0.25) is 9.48 Å². The Labute approximate surface area is 170 Å². The lowest BCUT2D eigenvalue weighted by atomic mass is 10.1. The van der Waals surface area contributed by atoms with E-state index < -0.39 is 11.6 Å². The number of hydrogen-bond donors (Lipinski definition) is 1. The number of anilines is 1. The third kappa shape index (κ3) is 3.97. The average Bonchev–Trinajstić information content (AvgIpc) is 3.31. The normalized spacial score (nSPS) is 11.1. The molecule has 0 saturated carbocycles. The molecule has 0 spiro atoms. The van der Waals surface area contributed by atoms with Gasteiger partial charge in [-0.1, -0.05) is 12.1 Å². The predicted molar refractivity (Wildman–Crippen MR) is 105 cm³/mol. The molecule has 0 unspecified atom stereocenters. The van der Waals surface area contributed by atoms with Crippen molar-refractivity contribution in [2.75, 3.05) is 12.4 Å². The van der Waals surface area contributed by atoms with Gasteiger partial charge in [0, 0.05) is 12.4 Å². The third-order valence-corrected chi connectivity index (χ3v) is 4.58. The first kappa shape index (κ1) is 19.5. The number of hydrogen-bond acceptors (Lipinski definition) is 5. The number of aromatic nitrogens is 5. The van der Waals surface area contributed by atoms with Crippen LogP contribution in [0.4, 0.5) is 14.6 Å². The molecule has 8 nitrogen and oxygen atoms in total. The van der Waals surface area contributed by atoms with Gasteiger partial charge in [0.2, 0.25) is 11.7 Å². The van der Waals surface area contributed by atoms with Crippen molar-refractivity contribution in [3.8, 4) is 5.75 Å². The summed E-state index contributed by atoms with van der Waals surface area (Å²) in [5, 5.41) is 16.1. The molecule has 0 aliphatic heterocycles. The number of halogens is 2. The van der Waals surface area contributed by atoms with Crippen LogP contribution in [0.15, 0.2) is 42.7 Å². The van der Waals surface area contributed by atoms with E-state index in [0.717, 1.165) is 22.5 Å². The fraction of sp³-hybridized carbons (Fsp3) is 0.200. The van der Waals surface area contributed by atoms with Gasteiger partial charge < -0.3 is 10.1 Å². The second-order valence-corrected chi connectivity index (χ2v) is 6.74. The maximum Gasteiger partial charge on any atom is 0.230 e. The van der Waals surface area contributed by atoms with Crippen molar-refractivity contribution in [3.63, 3.8) is 0 Å². The van der Waals surface area contributed by atoms with Crippen LogP contribution in [0.25, 0.3) is 10.9 Å². The summed E-state index contributed by atoms with van der Waals surface area (Å²) in [6, 6.07) is 8.12. The first-order valence-electron chi connectivity index (χ1n) is 9.05. The van der Waals surface area contributed by atoms with E-state index in [2.05, 4.69) is 20.6 Å². The van der Waals surface area contributed by atoms with E-state index in [0.29, 0.717) is 5.56 Å². The highest BCUT2D eigenvalue weighted by atomic mass is 19.2. The zero-order valence-electron chi connectivity index (χ0n) is 16.3. The van der Waals surface area contributed by atoms with Crippen molar-refractivity contribution >= 4 is 22.6 Å². The molecule has 0 fully saturated rings. The van der Waals surface area contributed by atoms with Crippen molar-refractivity contribution in [2.24, 2.45) is 7.05 Å². The highest BCUT2D eigenvalue weighted by Gasteiger charge is 2.13. The molecule has 2 heterocycles. The number of carbonyl (C=O) groups excluding carboxylic acids is 1. The van der Waals surface area contributed by atoms with E-state index in [-0.39, 0.29) is 30.4 Å². The fourth-order valence-electron chi connectivity index (χ4n) is 3.12. The number of carbonyl (C=O) groups is 1. The number of methoxy groups -OCH3 is 1. The lowest BCUT2D eigenvalue weighted by Gasteiger charge is -2.06. The number of ether oxygens (including phenoxy) is 1. The molecule has 0 aliphatic carbocycles. The van der Waals surface area contributed by atoms with Crippen LogP contribution in [0.5, 0.6) is 5.75 Å². The molecule has 2 aromatic heterocycles. The number of rotatable bonds is 6. The minimum absolute atomic E-state index is 0.0839. The second kappa shape index (κ2) is 7.90. The number of nitrogens with zero attached hydrogens (tertiary/aromatic N) is 5. The maximum atomic E-state index is 13.6. The molecule has 4 aromatic rings. The van der Waals surface area contributed by atoms with Gasteiger partial charge in [0.25, 0.3) is 0 Å². The van der Waals surface area contributed by atoms with Crippen LogP contribution < -0.4 is 10.1 Å². The smallest absolute Gasteiger partial charge is 0.230 e. The first-order chi connectivity index (χ1) is 14.4.